The smallest absolute Gasteiger partial charge is 0.319 e. The Hall–Kier alpha value is -5.00. The summed E-state index contributed by atoms with van der Waals surface area (Å²) in [6, 6.07) is 15.6. The molecule has 5 rings (SSSR count). The third kappa shape index (κ3) is 4.85. The Balaban J connectivity index is 1.17. The second-order valence-corrected chi connectivity index (χ2v) is 7.74. The number of nitrogens with one attached hydrogen (secondary N) is 4. The predicted molar refractivity (Wildman–Crippen MR) is 129 cm³/mol. The van der Waals surface area contributed by atoms with Crippen molar-refractivity contribution in [1.29, 1.82) is 0 Å². The monoisotopic (exact) mass is 470 g/mol. The van der Waals surface area contributed by atoms with Gasteiger partial charge in [-0.05, 0) is 48.9 Å². The van der Waals surface area contributed by atoms with Crippen LogP contribution < -0.4 is 21.3 Å². The summed E-state index contributed by atoms with van der Waals surface area (Å²) in [6.07, 6.45) is 3.67. The maximum absolute atomic E-state index is 12.5. The van der Waals surface area contributed by atoms with E-state index in [1.807, 2.05) is 61.8 Å². The Morgan fingerprint density at radius 3 is 1.91 bits per heavy atom. The summed E-state index contributed by atoms with van der Waals surface area (Å²) in [6.45, 7) is 2.27. The minimum atomic E-state index is -0.407. The van der Waals surface area contributed by atoms with E-state index in [9.17, 15) is 9.59 Å². The van der Waals surface area contributed by atoms with Crippen LogP contribution in [-0.2, 0) is 13.1 Å². The van der Waals surface area contributed by atoms with Crippen molar-refractivity contribution in [2.75, 3.05) is 10.6 Å². The van der Waals surface area contributed by atoms with E-state index in [2.05, 4.69) is 41.7 Å². The van der Waals surface area contributed by atoms with Crippen LogP contribution in [0.4, 0.5) is 21.0 Å². The fourth-order valence-corrected chi connectivity index (χ4v) is 3.52. The lowest BCUT2D eigenvalue weighted by Crippen LogP contribution is -2.30. The first-order chi connectivity index (χ1) is 17.1. The zero-order valence-electron chi connectivity index (χ0n) is 18.8. The van der Waals surface area contributed by atoms with Gasteiger partial charge in [0.25, 0.3) is 0 Å². The highest BCUT2D eigenvalue weighted by Gasteiger charge is 2.11. The largest absolute Gasteiger partial charge is 0.331 e. The first kappa shape index (κ1) is 21.8. The average Bonchev–Trinajstić information content (AvgIpc) is 3.47. The van der Waals surface area contributed by atoms with Crippen molar-refractivity contribution in [3.8, 4) is 0 Å². The molecule has 0 unspecified atom stereocenters. The summed E-state index contributed by atoms with van der Waals surface area (Å²) in [5, 5.41) is 27.4. The number of fused-ring (bicyclic) bond motifs is 2. The van der Waals surface area contributed by atoms with E-state index in [4.69, 9.17) is 0 Å². The van der Waals surface area contributed by atoms with Gasteiger partial charge in [-0.1, -0.05) is 18.2 Å². The maximum Gasteiger partial charge on any atom is 0.319 e. The van der Waals surface area contributed by atoms with Crippen molar-refractivity contribution in [3.05, 3.63) is 84.2 Å². The second-order valence-electron chi connectivity index (χ2n) is 7.74. The maximum atomic E-state index is 12.5. The molecule has 5 aromatic rings. The molecular weight excluding hydrogens is 448 g/mol. The molecule has 0 aliphatic heterocycles. The second kappa shape index (κ2) is 9.47. The van der Waals surface area contributed by atoms with Crippen LogP contribution >= 0.6 is 0 Å². The molecule has 0 spiro atoms. The van der Waals surface area contributed by atoms with Gasteiger partial charge in [0.1, 0.15) is 0 Å². The van der Waals surface area contributed by atoms with Gasteiger partial charge in [-0.3, -0.25) is 8.80 Å². The Morgan fingerprint density at radius 2 is 1.31 bits per heavy atom. The molecular formula is C23H22N10O2. The number of hydrogen-bond acceptors (Lipinski definition) is 6. The molecule has 4 N–H and O–H groups in total. The van der Waals surface area contributed by atoms with E-state index in [-0.39, 0.29) is 13.1 Å². The molecule has 0 radical (unpaired) electrons. The third-order valence-corrected chi connectivity index (χ3v) is 5.33. The number of urea groups is 2. The number of hydrogen-bond donors (Lipinski definition) is 4. The number of pyridine rings is 2. The molecule has 12 heteroatoms. The Kier molecular flexibility index (Phi) is 5.90. The molecule has 4 heterocycles. The Morgan fingerprint density at radius 1 is 0.743 bits per heavy atom. The van der Waals surface area contributed by atoms with E-state index in [0.29, 0.717) is 34.3 Å². The van der Waals surface area contributed by atoms with E-state index < -0.39 is 12.1 Å². The number of nitrogens with zero attached hydrogens (tertiary/aromatic N) is 6. The zero-order valence-corrected chi connectivity index (χ0v) is 18.8. The molecule has 0 aliphatic carbocycles. The molecule has 0 aliphatic rings. The van der Waals surface area contributed by atoms with Crippen LogP contribution in [0.25, 0.3) is 11.3 Å². The van der Waals surface area contributed by atoms with Gasteiger partial charge in [0.2, 0.25) is 0 Å². The summed E-state index contributed by atoms with van der Waals surface area (Å²) in [7, 11) is 0. The van der Waals surface area contributed by atoms with Crippen molar-refractivity contribution < 1.29 is 9.59 Å². The van der Waals surface area contributed by atoms with Crippen molar-refractivity contribution >= 4 is 34.7 Å². The first-order valence-corrected chi connectivity index (χ1v) is 10.8. The molecule has 4 aromatic heterocycles. The topological polar surface area (TPSA) is 143 Å². The fourth-order valence-electron chi connectivity index (χ4n) is 3.52. The van der Waals surface area contributed by atoms with Gasteiger partial charge in [-0.25, -0.2) is 9.59 Å². The van der Waals surface area contributed by atoms with Crippen LogP contribution in [0.1, 0.15) is 17.2 Å². The van der Waals surface area contributed by atoms with Crippen LogP contribution in [0.2, 0.25) is 0 Å². The van der Waals surface area contributed by atoms with Crippen LogP contribution in [-0.4, -0.2) is 41.3 Å². The van der Waals surface area contributed by atoms with Crippen LogP contribution in [0.5, 0.6) is 0 Å². The third-order valence-electron chi connectivity index (χ3n) is 5.33. The molecule has 1 aromatic carbocycles. The zero-order chi connectivity index (χ0) is 24.2. The number of amides is 4. The summed E-state index contributed by atoms with van der Waals surface area (Å²) in [4.78, 5) is 24.9. The highest BCUT2D eigenvalue weighted by atomic mass is 16.2. The van der Waals surface area contributed by atoms with Gasteiger partial charge >= 0.3 is 12.1 Å². The SMILES string of the molecule is Cc1ccc(NC(=O)NCc2nnc3ccccn23)cc1NC(=O)NCc1nnc2ccccn12. The van der Waals surface area contributed by atoms with Gasteiger partial charge in [0.05, 0.1) is 13.1 Å². The van der Waals surface area contributed by atoms with Crippen LogP contribution in [0, 0.1) is 6.92 Å². The lowest BCUT2D eigenvalue weighted by atomic mass is 10.2. The summed E-state index contributed by atoms with van der Waals surface area (Å²) in [5.41, 5.74) is 3.34. The van der Waals surface area contributed by atoms with E-state index in [1.54, 1.807) is 20.9 Å². The molecule has 0 fully saturated rings. The van der Waals surface area contributed by atoms with E-state index >= 15 is 0 Å². The fraction of sp³-hybridized carbons (Fsp3) is 0.130. The number of carbonyl (C=O) groups is 2. The molecule has 176 valence electrons. The van der Waals surface area contributed by atoms with E-state index in [1.165, 1.54) is 0 Å². The number of carbonyl (C=O) groups excluding carboxylic acids is 2. The normalized spacial score (nSPS) is 10.9. The quantitative estimate of drug-likeness (QED) is 0.301. The molecule has 0 bridgehead atoms. The summed E-state index contributed by atoms with van der Waals surface area (Å²) < 4.78 is 3.60. The standard InChI is InChI=1S/C23H22N10O2/c1-15-8-9-16(26-22(34)24-13-20-30-28-18-6-2-4-10-32(18)20)12-17(15)27-23(35)25-14-21-31-29-19-7-3-5-11-33(19)21/h2-12H,13-14H2,1H3,(H2,24,26,34)(H2,25,27,35). The van der Waals surface area contributed by atoms with E-state index in [0.717, 1.165) is 5.56 Å². The molecule has 4 amide bonds. The molecule has 0 atom stereocenters. The van der Waals surface area contributed by atoms with Crippen LogP contribution in [0.3, 0.4) is 0 Å². The lowest BCUT2D eigenvalue weighted by Gasteiger charge is -2.12. The van der Waals surface area contributed by atoms with Gasteiger partial charge in [-0.2, -0.15) is 0 Å². The van der Waals surface area contributed by atoms with Crippen molar-refractivity contribution in [1.82, 2.24) is 39.8 Å². The summed E-state index contributed by atoms with van der Waals surface area (Å²) in [5.74, 6) is 1.22. The minimum Gasteiger partial charge on any atom is -0.331 e. The van der Waals surface area contributed by atoms with Crippen molar-refractivity contribution in [3.63, 3.8) is 0 Å². The molecule has 12 nitrogen and oxygen atoms in total. The van der Waals surface area contributed by atoms with Gasteiger partial charge in [0.15, 0.2) is 22.9 Å². The number of aromatic nitrogens is 6. The highest BCUT2D eigenvalue weighted by molar-refractivity contribution is 5.93. The molecule has 35 heavy (non-hydrogen) atoms. The Bertz CT molecular complexity index is 1520. The first-order valence-electron chi connectivity index (χ1n) is 10.8. The van der Waals surface area contributed by atoms with Crippen LogP contribution in [0.15, 0.2) is 67.0 Å². The number of aryl methyl sites for hydroxylation is 1. The van der Waals surface area contributed by atoms with Gasteiger partial charge in [0, 0.05) is 23.8 Å². The number of rotatable bonds is 6. The molecule has 0 saturated heterocycles. The summed E-state index contributed by atoms with van der Waals surface area (Å²) >= 11 is 0. The van der Waals surface area contributed by atoms with Gasteiger partial charge < -0.3 is 21.3 Å². The van der Waals surface area contributed by atoms with Crippen molar-refractivity contribution in [2.45, 2.75) is 20.0 Å². The average molecular weight is 470 g/mol. The highest BCUT2D eigenvalue weighted by Crippen LogP contribution is 2.20. The lowest BCUT2D eigenvalue weighted by molar-refractivity contribution is 0.250. The Labute approximate surface area is 199 Å². The van der Waals surface area contributed by atoms with Gasteiger partial charge in [-0.15, -0.1) is 20.4 Å². The molecule has 0 saturated carbocycles. The number of benzene rings is 1. The van der Waals surface area contributed by atoms with Crippen molar-refractivity contribution in [2.24, 2.45) is 0 Å². The minimum absolute atomic E-state index is 0.202. The predicted octanol–water partition coefficient (Wildman–Crippen LogP) is 2.72. The number of anilines is 2.